The highest BCUT2D eigenvalue weighted by Gasteiger charge is 2.13. The summed E-state index contributed by atoms with van der Waals surface area (Å²) in [7, 11) is 1.45. The van der Waals surface area contributed by atoms with Crippen LogP contribution in [0.5, 0.6) is 5.75 Å². The van der Waals surface area contributed by atoms with Crippen LogP contribution in [0.2, 0.25) is 5.02 Å². The van der Waals surface area contributed by atoms with Crippen molar-refractivity contribution < 1.29 is 13.9 Å². The molecule has 1 N–H and O–H groups in total. The van der Waals surface area contributed by atoms with E-state index in [1.165, 1.54) is 13.2 Å². The average Bonchev–Trinajstić information content (AvgIpc) is 2.47. The Bertz CT molecular complexity index is 679. The molecule has 21 heavy (non-hydrogen) atoms. The average molecular weight is 373 g/mol. The number of hydrogen-bond acceptors (Lipinski definition) is 2. The fourth-order valence-corrected chi connectivity index (χ4v) is 2.37. The number of methoxy groups -OCH3 is 1. The number of nitrogens with one attached hydrogen (secondary N) is 1. The third-order valence-corrected chi connectivity index (χ3v) is 3.58. The smallest absolute Gasteiger partial charge is 0.255 e. The van der Waals surface area contributed by atoms with Crippen LogP contribution >= 0.6 is 27.5 Å². The van der Waals surface area contributed by atoms with Gasteiger partial charge in [-0.05, 0) is 36.4 Å². The summed E-state index contributed by atoms with van der Waals surface area (Å²) in [4.78, 5) is 12.1. The number of rotatable bonds is 4. The molecule has 3 nitrogen and oxygen atoms in total. The van der Waals surface area contributed by atoms with E-state index in [9.17, 15) is 9.18 Å². The van der Waals surface area contributed by atoms with Crippen molar-refractivity contribution in [3.05, 3.63) is 62.8 Å². The largest absolute Gasteiger partial charge is 0.496 e. The van der Waals surface area contributed by atoms with Gasteiger partial charge in [-0.3, -0.25) is 4.79 Å². The van der Waals surface area contributed by atoms with Crippen LogP contribution in [0.25, 0.3) is 0 Å². The van der Waals surface area contributed by atoms with Gasteiger partial charge in [0.15, 0.2) is 0 Å². The lowest BCUT2D eigenvalue weighted by molar-refractivity contribution is 0.0947. The lowest BCUT2D eigenvalue weighted by atomic mass is 10.1. The summed E-state index contributed by atoms with van der Waals surface area (Å²) in [5.41, 5.74) is 0.739. The Hall–Kier alpha value is -1.59. The van der Waals surface area contributed by atoms with Crippen molar-refractivity contribution in [2.75, 3.05) is 7.11 Å². The third-order valence-electron chi connectivity index (χ3n) is 2.86. The molecule has 0 bridgehead atoms. The first-order valence-electron chi connectivity index (χ1n) is 6.07. The van der Waals surface area contributed by atoms with Crippen molar-refractivity contribution >= 4 is 33.4 Å². The minimum absolute atomic E-state index is 0.0793. The van der Waals surface area contributed by atoms with Gasteiger partial charge in [-0.1, -0.05) is 27.5 Å². The molecule has 0 aliphatic rings. The van der Waals surface area contributed by atoms with Crippen LogP contribution in [-0.2, 0) is 6.54 Å². The zero-order valence-corrected chi connectivity index (χ0v) is 13.5. The van der Waals surface area contributed by atoms with E-state index >= 15 is 0 Å². The number of carbonyl (C=O) groups excluding carboxylic acids is 1. The highest BCUT2D eigenvalue weighted by Crippen LogP contribution is 2.23. The first kappa shape index (κ1) is 15.8. The summed E-state index contributed by atoms with van der Waals surface area (Å²) in [5.74, 6) is -0.362. The van der Waals surface area contributed by atoms with E-state index in [4.69, 9.17) is 16.3 Å². The van der Waals surface area contributed by atoms with E-state index in [1.54, 1.807) is 30.3 Å². The van der Waals surface area contributed by atoms with E-state index in [-0.39, 0.29) is 18.3 Å². The standard InChI is InChI=1S/C15H12BrClFNO2/c1-21-14-7-11(17)3-4-12(14)15(20)19-8-9-6-10(16)2-5-13(9)18/h2-7H,8H2,1H3,(H,19,20). The van der Waals surface area contributed by atoms with Gasteiger partial charge in [0.2, 0.25) is 0 Å². The summed E-state index contributed by atoms with van der Waals surface area (Å²) < 4.78 is 19.5. The molecule has 2 aromatic rings. The van der Waals surface area contributed by atoms with E-state index in [0.29, 0.717) is 21.9 Å². The van der Waals surface area contributed by atoms with Crippen LogP contribution in [0.1, 0.15) is 15.9 Å². The SMILES string of the molecule is COc1cc(Cl)ccc1C(=O)NCc1cc(Br)ccc1F. The van der Waals surface area contributed by atoms with Crippen molar-refractivity contribution in [1.29, 1.82) is 0 Å². The van der Waals surface area contributed by atoms with Gasteiger partial charge in [0.25, 0.3) is 5.91 Å². The lowest BCUT2D eigenvalue weighted by Gasteiger charge is -2.10. The third kappa shape index (κ3) is 3.95. The number of hydrogen-bond donors (Lipinski definition) is 1. The normalized spacial score (nSPS) is 10.3. The van der Waals surface area contributed by atoms with E-state index in [0.717, 1.165) is 4.47 Å². The Morgan fingerprint density at radius 3 is 2.81 bits per heavy atom. The van der Waals surface area contributed by atoms with Gasteiger partial charge in [0.1, 0.15) is 11.6 Å². The van der Waals surface area contributed by atoms with E-state index < -0.39 is 0 Å². The Kier molecular flexibility index (Phi) is 5.20. The van der Waals surface area contributed by atoms with E-state index in [2.05, 4.69) is 21.2 Å². The number of benzene rings is 2. The van der Waals surface area contributed by atoms with Crippen LogP contribution in [0.4, 0.5) is 4.39 Å². The molecule has 2 aromatic carbocycles. The predicted octanol–water partition coefficient (Wildman–Crippen LogP) is 4.18. The van der Waals surface area contributed by atoms with Gasteiger partial charge in [-0.25, -0.2) is 4.39 Å². The zero-order chi connectivity index (χ0) is 15.4. The lowest BCUT2D eigenvalue weighted by Crippen LogP contribution is -2.23. The molecule has 0 aliphatic carbocycles. The quantitative estimate of drug-likeness (QED) is 0.874. The Labute approximate surface area is 135 Å². The molecule has 0 aliphatic heterocycles. The molecule has 0 radical (unpaired) electrons. The van der Waals surface area contributed by atoms with Crippen LogP contribution in [0.3, 0.4) is 0 Å². The molecule has 0 saturated carbocycles. The minimum atomic E-state index is -0.374. The molecular formula is C15H12BrClFNO2. The fourth-order valence-electron chi connectivity index (χ4n) is 1.80. The van der Waals surface area contributed by atoms with E-state index in [1.807, 2.05) is 0 Å². The van der Waals surface area contributed by atoms with Crippen molar-refractivity contribution in [3.8, 4) is 5.75 Å². The highest BCUT2D eigenvalue weighted by molar-refractivity contribution is 9.10. The first-order chi connectivity index (χ1) is 10.0. The maximum absolute atomic E-state index is 13.6. The fraction of sp³-hybridized carbons (Fsp3) is 0.133. The molecule has 0 unspecified atom stereocenters. The molecule has 6 heteroatoms. The molecule has 0 fully saturated rings. The summed E-state index contributed by atoms with van der Waals surface area (Å²) in [6.07, 6.45) is 0. The Morgan fingerprint density at radius 2 is 2.10 bits per heavy atom. The molecule has 1 amide bonds. The molecule has 2 rings (SSSR count). The van der Waals surface area contributed by atoms with Gasteiger partial charge < -0.3 is 10.1 Å². The van der Waals surface area contributed by atoms with Gasteiger partial charge in [-0.15, -0.1) is 0 Å². The van der Waals surface area contributed by atoms with Crippen LogP contribution in [0.15, 0.2) is 40.9 Å². The van der Waals surface area contributed by atoms with Crippen molar-refractivity contribution in [2.45, 2.75) is 6.54 Å². The molecule has 0 aromatic heterocycles. The maximum atomic E-state index is 13.6. The van der Waals surface area contributed by atoms with Crippen LogP contribution in [-0.4, -0.2) is 13.0 Å². The Morgan fingerprint density at radius 1 is 1.33 bits per heavy atom. The second kappa shape index (κ2) is 6.91. The molecule has 0 saturated heterocycles. The van der Waals surface area contributed by atoms with Gasteiger partial charge >= 0.3 is 0 Å². The number of halogens is 3. The molecule has 110 valence electrons. The van der Waals surface area contributed by atoms with Crippen molar-refractivity contribution in [3.63, 3.8) is 0 Å². The molecule has 0 heterocycles. The predicted molar refractivity (Wildman–Crippen MR) is 83.3 cm³/mol. The van der Waals surface area contributed by atoms with Gasteiger partial charge in [0, 0.05) is 21.6 Å². The second-order valence-corrected chi connectivity index (χ2v) is 5.62. The second-order valence-electron chi connectivity index (χ2n) is 4.26. The summed E-state index contributed by atoms with van der Waals surface area (Å²) in [6.45, 7) is 0.0793. The monoisotopic (exact) mass is 371 g/mol. The molecular weight excluding hydrogens is 361 g/mol. The highest BCUT2D eigenvalue weighted by atomic mass is 79.9. The summed E-state index contributed by atoms with van der Waals surface area (Å²) in [5, 5.41) is 3.13. The number of carbonyl (C=O) groups is 1. The van der Waals surface area contributed by atoms with Crippen molar-refractivity contribution in [1.82, 2.24) is 5.32 Å². The number of amides is 1. The molecule has 0 spiro atoms. The van der Waals surface area contributed by atoms with Crippen LogP contribution < -0.4 is 10.1 Å². The summed E-state index contributed by atoms with van der Waals surface area (Å²) in [6, 6.07) is 9.27. The number of ether oxygens (including phenoxy) is 1. The van der Waals surface area contributed by atoms with Crippen LogP contribution in [0, 0.1) is 5.82 Å². The van der Waals surface area contributed by atoms with Gasteiger partial charge in [0.05, 0.1) is 12.7 Å². The first-order valence-corrected chi connectivity index (χ1v) is 7.24. The topological polar surface area (TPSA) is 38.3 Å². The summed E-state index contributed by atoms with van der Waals surface area (Å²) >= 11 is 9.11. The Balaban J connectivity index is 2.13. The van der Waals surface area contributed by atoms with Gasteiger partial charge in [-0.2, -0.15) is 0 Å². The zero-order valence-electron chi connectivity index (χ0n) is 11.1. The molecule has 0 atom stereocenters. The van der Waals surface area contributed by atoms with Crippen molar-refractivity contribution in [2.24, 2.45) is 0 Å². The maximum Gasteiger partial charge on any atom is 0.255 e. The minimum Gasteiger partial charge on any atom is -0.496 e.